The number of aliphatic hydroxyl groups excluding tert-OH is 1. The molecule has 26 heteroatoms. The maximum Gasteiger partial charge on any atom is 0.307 e. The lowest BCUT2D eigenvalue weighted by atomic mass is 9.77. The zero-order valence-electron chi connectivity index (χ0n) is 54.9. The highest BCUT2D eigenvalue weighted by molar-refractivity contribution is 5.99. The van der Waals surface area contributed by atoms with Crippen LogP contribution >= 0.6 is 0 Å². The molecule has 0 aliphatic heterocycles. The summed E-state index contributed by atoms with van der Waals surface area (Å²) in [6.07, 6.45) is -6.93. The summed E-state index contributed by atoms with van der Waals surface area (Å²) in [5.74, 6) is -24.5. The van der Waals surface area contributed by atoms with Crippen LogP contribution in [0.4, 0.5) is 0 Å². The molecule has 0 aliphatic rings. The molecule has 2 aromatic carbocycles. The standard InChI is InChI=1S/C69H101N7O19/c1-3-44(14-7-9-25-70)55(79)30-46(16-11-27-76-69(74)75)57(81)35-50(38-64(72)88)61(85)36-51(39-65(73)89)60(84)34-49(28-42-12-5-4-6-13-42)59(83)31-45(15-8-10-26-71)62(86)40-54(41(2)77)63(87)33-48(20-24-67(92)93)56(80)32-47(19-23-66(90)91)58(82)37-52(68(94)95)29-43-17-21-53(78)22-18-43/h4-6,12-13,17-18,21-22,41,44-52,54,77-78H,3,7-11,14-16,19-20,23-40,70-71H2,1-2H3,(H2,72,88)(H2,73,89)(H,90,91)(H,92,93)(H,94,95)(H4,74,75,76). The number of guanidine groups is 1. The molecule has 0 spiro atoms. The Labute approximate surface area is 554 Å². The summed E-state index contributed by atoms with van der Waals surface area (Å²) in [5, 5.41) is 50.1. The van der Waals surface area contributed by atoms with E-state index in [1.165, 1.54) is 31.2 Å². The van der Waals surface area contributed by atoms with Gasteiger partial charge in [-0.15, -0.1) is 0 Å². The molecule has 11 atom stereocenters. The number of phenolic OH excluding ortho intramolecular Hbond substituents is 1. The molecule has 0 heterocycles. The van der Waals surface area contributed by atoms with Gasteiger partial charge in [0.15, 0.2) is 5.96 Å². The molecule has 0 bridgehead atoms. The van der Waals surface area contributed by atoms with Crippen molar-refractivity contribution in [1.82, 2.24) is 0 Å². The van der Waals surface area contributed by atoms with Crippen molar-refractivity contribution in [1.29, 1.82) is 0 Å². The number of carboxylic acids is 3. The average Bonchev–Trinajstić information content (AvgIpc) is 1.15. The van der Waals surface area contributed by atoms with E-state index in [0.29, 0.717) is 56.2 Å². The molecule has 0 saturated heterocycles. The van der Waals surface area contributed by atoms with Gasteiger partial charge < -0.3 is 59.9 Å². The Balaban J connectivity index is 2.53. The summed E-state index contributed by atoms with van der Waals surface area (Å²) < 4.78 is 0. The maximum atomic E-state index is 14.8. The van der Waals surface area contributed by atoms with E-state index >= 15 is 0 Å². The molecule has 95 heavy (non-hydrogen) atoms. The second-order valence-electron chi connectivity index (χ2n) is 25.2. The third-order valence-electron chi connectivity index (χ3n) is 17.6. The van der Waals surface area contributed by atoms with E-state index in [1.807, 2.05) is 6.92 Å². The quantitative estimate of drug-likeness (QED) is 0.0244. The summed E-state index contributed by atoms with van der Waals surface area (Å²) in [7, 11) is 0. The predicted molar refractivity (Wildman–Crippen MR) is 350 cm³/mol. The van der Waals surface area contributed by atoms with Gasteiger partial charge in [0.25, 0.3) is 0 Å². The maximum absolute atomic E-state index is 14.8. The number of hydrogen-bond acceptors (Lipinski definition) is 19. The van der Waals surface area contributed by atoms with Crippen LogP contribution in [0.25, 0.3) is 0 Å². The first-order chi connectivity index (χ1) is 44.9. The molecule has 17 N–H and O–H groups in total. The van der Waals surface area contributed by atoms with Crippen LogP contribution in [0.15, 0.2) is 59.6 Å². The second kappa shape index (κ2) is 44.4. The topological polar surface area (TPSA) is 509 Å². The number of aliphatic hydroxyl groups is 1. The lowest BCUT2D eigenvalue weighted by Gasteiger charge is -2.25. The molecule has 2 rings (SSSR count). The van der Waals surface area contributed by atoms with Crippen LogP contribution in [-0.2, 0) is 80.0 Å². The van der Waals surface area contributed by atoms with Crippen molar-refractivity contribution in [2.75, 3.05) is 19.6 Å². The van der Waals surface area contributed by atoms with E-state index in [9.17, 15) is 92.7 Å². The number of primary amides is 2. The van der Waals surface area contributed by atoms with Gasteiger partial charge in [0.1, 0.15) is 57.8 Å². The van der Waals surface area contributed by atoms with Gasteiger partial charge in [0.2, 0.25) is 11.8 Å². The van der Waals surface area contributed by atoms with E-state index in [2.05, 4.69) is 4.99 Å². The fraction of sp³-hybridized carbons (Fsp3) is 0.609. The molecule has 2 aromatic rings. The van der Waals surface area contributed by atoms with E-state index in [4.69, 9.17) is 34.4 Å². The number of phenols is 1. The van der Waals surface area contributed by atoms with Gasteiger partial charge in [-0.25, -0.2) is 0 Å². The third-order valence-corrected chi connectivity index (χ3v) is 17.6. The highest BCUT2D eigenvalue weighted by Gasteiger charge is 2.39. The first-order valence-corrected chi connectivity index (χ1v) is 32.8. The van der Waals surface area contributed by atoms with Crippen LogP contribution in [-0.4, -0.2) is 139 Å². The zero-order valence-corrected chi connectivity index (χ0v) is 54.9. The molecule has 2 amide bonds. The van der Waals surface area contributed by atoms with Crippen molar-refractivity contribution in [3.05, 3.63) is 65.7 Å². The number of unbranched alkanes of at least 4 members (excludes halogenated alkanes) is 2. The molecular weight excluding hydrogens is 1230 g/mol. The largest absolute Gasteiger partial charge is 0.508 e. The Bertz CT molecular complexity index is 2930. The first kappa shape index (κ1) is 82.9. The van der Waals surface area contributed by atoms with Gasteiger partial charge >= 0.3 is 17.9 Å². The van der Waals surface area contributed by atoms with Gasteiger partial charge in [0.05, 0.1) is 17.9 Å². The third kappa shape index (κ3) is 33.1. The number of rotatable bonds is 56. The minimum absolute atomic E-state index is 0.0374. The van der Waals surface area contributed by atoms with Crippen molar-refractivity contribution >= 4 is 87.7 Å². The van der Waals surface area contributed by atoms with Crippen LogP contribution in [0.1, 0.15) is 179 Å². The SMILES string of the molecule is CCC(CCCCN)C(=O)CC(CCCN=C(N)N)C(=O)CC(CC(N)=O)C(=O)CC(CC(N)=O)C(=O)CC(Cc1ccccc1)C(=O)CC(CCCCN)C(=O)CC(C(=O)CC(CCC(=O)O)C(=O)CC(CCC(=O)O)C(=O)CC(Cc1ccc(O)cc1)C(=O)O)C(C)O. The van der Waals surface area contributed by atoms with Gasteiger partial charge in [-0.2, -0.15) is 0 Å². The summed E-state index contributed by atoms with van der Waals surface area (Å²) in [4.78, 5) is 194. The molecule has 0 aromatic heterocycles. The minimum Gasteiger partial charge on any atom is -0.508 e. The molecule has 11 unspecified atom stereocenters. The average molecular weight is 1330 g/mol. The van der Waals surface area contributed by atoms with Crippen molar-refractivity contribution in [3.63, 3.8) is 0 Å². The number of benzene rings is 2. The number of aliphatic imine (C=N–C) groups is 1. The lowest BCUT2D eigenvalue weighted by Crippen LogP contribution is -2.35. The molecule has 26 nitrogen and oxygen atoms in total. The number of carbonyl (C=O) groups excluding carboxylic acids is 11. The summed E-state index contributed by atoms with van der Waals surface area (Å²) in [6, 6.07) is 14.0. The molecule has 0 radical (unpaired) electrons. The summed E-state index contributed by atoms with van der Waals surface area (Å²) >= 11 is 0. The molecule has 0 fully saturated rings. The van der Waals surface area contributed by atoms with E-state index in [1.54, 1.807) is 30.3 Å². The van der Waals surface area contributed by atoms with E-state index in [-0.39, 0.29) is 75.0 Å². The van der Waals surface area contributed by atoms with Gasteiger partial charge in [-0.3, -0.25) is 72.1 Å². The number of aliphatic carboxylic acids is 3. The minimum atomic E-state index is -1.56. The van der Waals surface area contributed by atoms with Crippen molar-refractivity contribution in [2.45, 2.75) is 187 Å². The first-order valence-electron chi connectivity index (χ1n) is 32.8. The summed E-state index contributed by atoms with van der Waals surface area (Å²) in [6.45, 7) is 3.83. The normalized spacial score (nSPS) is 14.8. The number of Topliss-reactive ketones (excluding diaryl/α,β-unsaturated/α-hetero) is 9. The van der Waals surface area contributed by atoms with E-state index < -0.39 is 225 Å². The fourth-order valence-corrected chi connectivity index (χ4v) is 12.0. The number of ketones is 9. The molecular formula is C69H101N7O19. The number of aromatic hydroxyl groups is 1. The van der Waals surface area contributed by atoms with Crippen molar-refractivity contribution in [3.8, 4) is 5.75 Å². The van der Waals surface area contributed by atoms with Crippen LogP contribution in [0, 0.1) is 59.2 Å². The fourth-order valence-electron chi connectivity index (χ4n) is 12.0. The van der Waals surface area contributed by atoms with Gasteiger partial charge in [-0.05, 0) is 114 Å². The summed E-state index contributed by atoms with van der Waals surface area (Å²) in [5.41, 5.74) is 34.8. The van der Waals surface area contributed by atoms with Crippen LogP contribution < -0.4 is 34.4 Å². The lowest BCUT2D eigenvalue weighted by molar-refractivity contribution is -0.145. The Hall–Kier alpha value is -8.23. The Morgan fingerprint density at radius 3 is 1.19 bits per heavy atom. The monoisotopic (exact) mass is 1330 g/mol. The number of carboxylic acid groups (broad SMARTS) is 3. The number of carbonyl (C=O) groups is 14. The molecule has 0 saturated carbocycles. The number of hydrogen-bond donors (Lipinski definition) is 11. The van der Waals surface area contributed by atoms with Crippen molar-refractivity contribution < 1.29 is 92.7 Å². The smallest absolute Gasteiger partial charge is 0.307 e. The number of nitrogens with zero attached hydrogens (tertiary/aromatic N) is 1. The highest BCUT2D eigenvalue weighted by Crippen LogP contribution is 2.32. The predicted octanol–water partition coefficient (Wildman–Crippen LogP) is 4.64. The second-order valence-corrected chi connectivity index (χ2v) is 25.2. The Morgan fingerprint density at radius 1 is 0.411 bits per heavy atom. The molecule has 526 valence electrons. The zero-order chi connectivity index (χ0) is 71.3. The number of nitrogens with two attached hydrogens (primary N) is 6. The van der Waals surface area contributed by atoms with Crippen LogP contribution in [0.5, 0.6) is 5.75 Å². The van der Waals surface area contributed by atoms with Crippen molar-refractivity contribution in [2.24, 2.45) is 98.6 Å². The van der Waals surface area contributed by atoms with Crippen LogP contribution in [0.2, 0.25) is 0 Å². The highest BCUT2D eigenvalue weighted by atomic mass is 16.4. The van der Waals surface area contributed by atoms with Crippen LogP contribution in [0.3, 0.4) is 0 Å². The Kier molecular flexibility index (Phi) is 38.8. The van der Waals surface area contributed by atoms with E-state index in [0.717, 1.165) is 0 Å². The number of amides is 2. The molecule has 0 aliphatic carbocycles. The van der Waals surface area contributed by atoms with Gasteiger partial charge in [0, 0.05) is 137 Å². The Morgan fingerprint density at radius 2 is 0.768 bits per heavy atom. The van der Waals surface area contributed by atoms with Gasteiger partial charge in [-0.1, -0.05) is 62.2 Å².